The van der Waals surface area contributed by atoms with E-state index in [2.05, 4.69) is 12.2 Å². The second-order valence-corrected chi connectivity index (χ2v) is 8.94. The van der Waals surface area contributed by atoms with Crippen LogP contribution < -0.4 is 15.8 Å². The molecule has 0 radical (unpaired) electrons. The van der Waals surface area contributed by atoms with Gasteiger partial charge in [0.2, 0.25) is 0 Å². The van der Waals surface area contributed by atoms with E-state index in [9.17, 15) is 9.59 Å². The van der Waals surface area contributed by atoms with Gasteiger partial charge >= 0.3 is 0 Å². The number of rotatable bonds is 7. The van der Waals surface area contributed by atoms with Gasteiger partial charge in [-0.3, -0.25) is 9.59 Å². The third-order valence-electron chi connectivity index (χ3n) is 5.85. The van der Waals surface area contributed by atoms with Crippen molar-refractivity contribution in [2.75, 3.05) is 5.32 Å². The summed E-state index contributed by atoms with van der Waals surface area (Å²) in [5, 5.41) is 3.49. The Labute approximate surface area is 176 Å². The molecule has 3 rings (SSSR count). The van der Waals surface area contributed by atoms with E-state index in [4.69, 9.17) is 10.5 Å². The van der Waals surface area contributed by atoms with Crippen molar-refractivity contribution in [2.24, 2.45) is 11.7 Å². The molecule has 2 amide bonds. The van der Waals surface area contributed by atoms with Gasteiger partial charge in [0.05, 0.1) is 5.56 Å². The minimum Gasteiger partial charge on any atom is -0.481 e. The maximum absolute atomic E-state index is 12.9. The molecule has 0 fully saturated rings. The number of amides is 2. The lowest BCUT2D eigenvalue weighted by Gasteiger charge is -2.20. The van der Waals surface area contributed by atoms with Crippen molar-refractivity contribution in [3.05, 3.63) is 45.3 Å². The average Bonchev–Trinajstić information content (AvgIpc) is 3.05. The normalized spacial score (nSPS) is 16.8. The molecule has 0 saturated carbocycles. The molecule has 6 heteroatoms. The van der Waals surface area contributed by atoms with E-state index in [1.165, 1.54) is 21.8 Å². The number of fused-ring (bicyclic) bond motifs is 1. The van der Waals surface area contributed by atoms with Crippen molar-refractivity contribution in [3.8, 4) is 5.75 Å². The Morgan fingerprint density at radius 1 is 1.28 bits per heavy atom. The molecule has 3 N–H and O–H groups in total. The van der Waals surface area contributed by atoms with Crippen LogP contribution in [0.25, 0.3) is 0 Å². The minimum atomic E-state index is -0.639. The quantitative estimate of drug-likeness (QED) is 0.684. The lowest BCUT2D eigenvalue weighted by Crippen LogP contribution is -2.32. The fraction of sp³-hybridized carbons (Fsp3) is 0.478. The zero-order chi connectivity index (χ0) is 21.1. The molecule has 0 aliphatic heterocycles. The first-order valence-corrected chi connectivity index (χ1v) is 11.1. The molecular weight excluding hydrogens is 384 g/mol. The predicted molar refractivity (Wildman–Crippen MR) is 118 cm³/mol. The van der Waals surface area contributed by atoms with Gasteiger partial charge in [-0.05, 0) is 74.3 Å². The van der Waals surface area contributed by atoms with Gasteiger partial charge in [0.1, 0.15) is 10.8 Å². The Balaban J connectivity index is 1.80. The highest BCUT2D eigenvalue weighted by Gasteiger charge is 2.29. The highest BCUT2D eigenvalue weighted by Crippen LogP contribution is 2.40. The number of ether oxygens (including phenoxy) is 1. The van der Waals surface area contributed by atoms with E-state index in [1.54, 1.807) is 0 Å². The maximum Gasteiger partial charge on any atom is 0.266 e. The summed E-state index contributed by atoms with van der Waals surface area (Å²) in [6.45, 7) is 8.15. The number of aryl methyl sites for hydroxylation is 2. The van der Waals surface area contributed by atoms with Crippen molar-refractivity contribution < 1.29 is 14.3 Å². The van der Waals surface area contributed by atoms with Gasteiger partial charge in [0.15, 0.2) is 6.10 Å². The summed E-state index contributed by atoms with van der Waals surface area (Å²) in [6, 6.07) is 5.80. The standard InChI is InChI=1S/C23H30N2O3S/c1-5-15-8-10-17-19(12-15)29-23(20(17)21(24)26)25-22(27)18(6-2)28-16-9-7-13(3)14(4)11-16/h7,9,11,15,18H,5-6,8,10,12H2,1-4H3,(H2,24,26)(H,25,27)/t15-,18+/m1/s1. The van der Waals surface area contributed by atoms with Gasteiger partial charge < -0.3 is 15.8 Å². The molecule has 0 bridgehead atoms. The summed E-state index contributed by atoms with van der Waals surface area (Å²) in [4.78, 5) is 26.2. The number of primary amides is 1. The first-order valence-electron chi connectivity index (χ1n) is 10.3. The molecule has 1 heterocycles. The van der Waals surface area contributed by atoms with Crippen LogP contribution in [0.3, 0.4) is 0 Å². The van der Waals surface area contributed by atoms with Crippen molar-refractivity contribution in [1.82, 2.24) is 0 Å². The second-order valence-electron chi connectivity index (χ2n) is 7.84. The molecule has 2 atom stereocenters. The van der Waals surface area contributed by atoms with Gasteiger partial charge in [0.25, 0.3) is 11.8 Å². The van der Waals surface area contributed by atoms with Crippen molar-refractivity contribution in [1.29, 1.82) is 0 Å². The highest BCUT2D eigenvalue weighted by molar-refractivity contribution is 7.17. The molecule has 1 aliphatic rings. The van der Waals surface area contributed by atoms with E-state index in [0.717, 1.165) is 36.8 Å². The molecular formula is C23H30N2O3S. The summed E-state index contributed by atoms with van der Waals surface area (Å²) < 4.78 is 5.95. The molecule has 0 spiro atoms. The SMILES string of the molecule is CC[C@@H]1CCc2c(sc(NC(=O)[C@H](CC)Oc3ccc(C)c(C)c3)c2C(N)=O)C1. The largest absolute Gasteiger partial charge is 0.481 e. The van der Waals surface area contributed by atoms with Crippen LogP contribution in [0.5, 0.6) is 5.75 Å². The number of hydrogen-bond acceptors (Lipinski definition) is 4. The van der Waals surface area contributed by atoms with E-state index in [0.29, 0.717) is 28.7 Å². The Hall–Kier alpha value is -2.34. The summed E-state index contributed by atoms with van der Waals surface area (Å²) >= 11 is 1.49. The monoisotopic (exact) mass is 414 g/mol. The Morgan fingerprint density at radius 3 is 2.66 bits per heavy atom. The van der Waals surface area contributed by atoms with E-state index >= 15 is 0 Å². The van der Waals surface area contributed by atoms with Crippen molar-refractivity contribution >= 4 is 28.2 Å². The number of nitrogens with two attached hydrogens (primary N) is 1. The fourth-order valence-corrected chi connectivity index (χ4v) is 5.19. The predicted octanol–water partition coefficient (Wildman–Crippen LogP) is 4.77. The van der Waals surface area contributed by atoms with Gasteiger partial charge in [-0.15, -0.1) is 11.3 Å². The lowest BCUT2D eigenvalue weighted by molar-refractivity contribution is -0.122. The summed E-state index contributed by atoms with van der Waals surface area (Å²) in [5.41, 5.74) is 9.47. The highest BCUT2D eigenvalue weighted by atomic mass is 32.1. The number of carbonyl (C=O) groups excluding carboxylic acids is 2. The topological polar surface area (TPSA) is 81.4 Å². The van der Waals surface area contributed by atoms with Crippen LogP contribution in [-0.4, -0.2) is 17.9 Å². The van der Waals surface area contributed by atoms with Gasteiger partial charge in [-0.25, -0.2) is 0 Å². The fourth-order valence-electron chi connectivity index (χ4n) is 3.82. The number of anilines is 1. The third-order valence-corrected chi connectivity index (χ3v) is 7.02. The summed E-state index contributed by atoms with van der Waals surface area (Å²) in [6.07, 6.45) is 3.85. The van der Waals surface area contributed by atoms with E-state index < -0.39 is 12.0 Å². The Morgan fingerprint density at radius 2 is 2.03 bits per heavy atom. The third kappa shape index (κ3) is 4.64. The number of carbonyl (C=O) groups is 2. The lowest BCUT2D eigenvalue weighted by atomic mass is 9.85. The second kappa shape index (κ2) is 8.99. The molecule has 1 aromatic carbocycles. The Kier molecular flexibility index (Phi) is 6.63. The van der Waals surface area contributed by atoms with Crippen LogP contribution in [0.2, 0.25) is 0 Å². The first-order chi connectivity index (χ1) is 13.8. The van der Waals surface area contributed by atoms with Crippen LogP contribution in [0.1, 0.15) is 65.0 Å². The molecule has 5 nitrogen and oxygen atoms in total. The van der Waals surface area contributed by atoms with Crippen LogP contribution in [-0.2, 0) is 17.6 Å². The summed E-state index contributed by atoms with van der Waals surface area (Å²) in [7, 11) is 0. The number of nitrogens with one attached hydrogen (secondary N) is 1. The Bertz CT molecular complexity index is 919. The zero-order valence-corrected chi connectivity index (χ0v) is 18.4. The van der Waals surface area contributed by atoms with Crippen LogP contribution in [0, 0.1) is 19.8 Å². The minimum absolute atomic E-state index is 0.251. The summed E-state index contributed by atoms with van der Waals surface area (Å²) in [5.74, 6) is 0.568. The van der Waals surface area contributed by atoms with Gasteiger partial charge in [-0.1, -0.05) is 26.3 Å². The molecule has 1 aliphatic carbocycles. The van der Waals surface area contributed by atoms with Gasteiger partial charge in [0, 0.05) is 4.88 Å². The first kappa shape index (κ1) is 21.4. The van der Waals surface area contributed by atoms with Crippen molar-refractivity contribution in [3.63, 3.8) is 0 Å². The zero-order valence-electron chi connectivity index (χ0n) is 17.6. The van der Waals surface area contributed by atoms with Crippen LogP contribution in [0.4, 0.5) is 5.00 Å². The number of benzene rings is 1. The van der Waals surface area contributed by atoms with Crippen LogP contribution in [0.15, 0.2) is 18.2 Å². The molecule has 0 saturated heterocycles. The van der Waals surface area contributed by atoms with Crippen LogP contribution >= 0.6 is 11.3 Å². The number of thiophene rings is 1. The van der Waals surface area contributed by atoms with E-state index in [1.807, 2.05) is 39.0 Å². The maximum atomic E-state index is 12.9. The molecule has 29 heavy (non-hydrogen) atoms. The average molecular weight is 415 g/mol. The van der Waals surface area contributed by atoms with Gasteiger partial charge in [-0.2, -0.15) is 0 Å². The molecule has 2 aromatic rings. The molecule has 156 valence electrons. The molecule has 0 unspecified atom stereocenters. The van der Waals surface area contributed by atoms with E-state index in [-0.39, 0.29) is 5.91 Å². The molecule has 1 aromatic heterocycles. The van der Waals surface area contributed by atoms with Crippen molar-refractivity contribution in [2.45, 2.75) is 65.9 Å². The smallest absolute Gasteiger partial charge is 0.266 e. The number of hydrogen-bond donors (Lipinski definition) is 2.